The van der Waals surface area contributed by atoms with Gasteiger partial charge in [0.2, 0.25) is 0 Å². The fraction of sp³-hybridized carbons (Fsp3) is 1.00. The molecule has 0 aromatic rings. The van der Waals surface area contributed by atoms with Crippen LogP contribution in [0, 0.1) is 0 Å². The smallest absolute Gasteiger partial charge is 0.187 e. The molecule has 0 radical (unpaired) electrons. The maximum Gasteiger partial charge on any atom is 0.187 e. The first-order chi connectivity index (χ1) is 20.5. The molecule has 0 saturated carbocycles. The third-order valence-corrected chi connectivity index (χ3v) is 8.63. The Hall–Kier alpha value is -0.720. The molecule has 4 fully saturated rings. The van der Waals surface area contributed by atoms with Crippen LogP contribution in [0.1, 0.15) is 27.7 Å². The maximum absolute atomic E-state index is 11.1. The van der Waals surface area contributed by atoms with E-state index in [1.54, 1.807) is 33.2 Å². The Morgan fingerprint density at radius 3 is 1.73 bits per heavy atom. The second-order valence-corrected chi connectivity index (χ2v) is 12.7. The highest BCUT2D eigenvalue weighted by molar-refractivity contribution is 5.01. The molecule has 0 aromatic heterocycles. The van der Waals surface area contributed by atoms with Crippen molar-refractivity contribution in [1.82, 2.24) is 5.48 Å². The second kappa shape index (κ2) is 14.2. The monoisotopic (exact) mass is 645 g/mol. The summed E-state index contributed by atoms with van der Waals surface area (Å²) in [6.07, 6.45) is -21.6. The van der Waals surface area contributed by atoms with E-state index >= 15 is 0 Å². The average molecular weight is 646 g/mol. The summed E-state index contributed by atoms with van der Waals surface area (Å²) in [6, 6.07) is 0. The van der Waals surface area contributed by atoms with Crippen molar-refractivity contribution < 1.29 is 84.3 Å². The number of rotatable bonds is 10. The number of aliphatic hydroxyl groups is 9. The minimum Gasteiger partial charge on any atom is -0.394 e. The third kappa shape index (κ3) is 7.23. The zero-order valence-corrected chi connectivity index (χ0v) is 24.9. The van der Waals surface area contributed by atoms with Crippen molar-refractivity contribution in [3.8, 4) is 0 Å². The zero-order valence-electron chi connectivity index (χ0n) is 24.9. The van der Waals surface area contributed by atoms with Crippen molar-refractivity contribution in [2.24, 2.45) is 0 Å². The molecule has 4 aliphatic heterocycles. The van der Waals surface area contributed by atoms with Gasteiger partial charge in [0, 0.05) is 0 Å². The number of nitrogens with one attached hydrogen (secondary N) is 1. The molecular weight excluding hydrogens is 598 g/mol. The van der Waals surface area contributed by atoms with E-state index in [-0.39, 0.29) is 19.8 Å². The van der Waals surface area contributed by atoms with E-state index in [0.29, 0.717) is 0 Å². The standard InChI is InChI=1S/C26H47NO17/c1-25(2,44-12-8-40-23(27-37)17(34)15(12)32)21-16(33)14(31)11(7-39-21)43-26(3,4)22-19(36)20(9(29)6-38-22)42-24-18(35)13(30)10(5-28)41-24/h9-24,27-37H,5-8H2,1-4H3/t9-,10+,11-,12-,13?,14?,15?,16?,17?,18?,19?,20?,21-,22-,23-,24+/m1/s1. The number of ether oxygens (including phenoxy) is 7. The molecule has 11 N–H and O–H groups in total. The molecule has 4 saturated heterocycles. The van der Waals surface area contributed by atoms with Crippen LogP contribution in [0.2, 0.25) is 0 Å². The van der Waals surface area contributed by atoms with Crippen LogP contribution in [-0.4, -0.2) is 187 Å². The molecule has 0 spiro atoms. The predicted octanol–water partition coefficient (Wildman–Crippen LogP) is -5.56. The van der Waals surface area contributed by atoms with Gasteiger partial charge in [-0.25, -0.2) is 0 Å². The van der Waals surface area contributed by atoms with E-state index in [0.717, 1.165) is 0 Å². The first-order valence-corrected chi connectivity index (χ1v) is 14.5. The lowest BCUT2D eigenvalue weighted by atomic mass is 9.86. The minimum absolute atomic E-state index is 0.206. The zero-order chi connectivity index (χ0) is 32.7. The van der Waals surface area contributed by atoms with E-state index in [4.69, 9.17) is 38.4 Å². The Bertz CT molecular complexity index is 929. The number of hydroxylamine groups is 1. The first kappa shape index (κ1) is 36.1. The van der Waals surface area contributed by atoms with Gasteiger partial charge in [0.1, 0.15) is 85.5 Å². The van der Waals surface area contributed by atoms with Gasteiger partial charge in [-0.15, -0.1) is 0 Å². The number of hydrogen-bond acceptors (Lipinski definition) is 18. The molecule has 4 heterocycles. The highest BCUT2D eigenvalue weighted by atomic mass is 16.7. The van der Waals surface area contributed by atoms with Gasteiger partial charge in [-0.1, -0.05) is 0 Å². The molecule has 0 aromatic carbocycles. The van der Waals surface area contributed by atoms with Gasteiger partial charge >= 0.3 is 0 Å². The van der Waals surface area contributed by atoms with Crippen LogP contribution in [0.25, 0.3) is 0 Å². The Balaban J connectivity index is 1.37. The van der Waals surface area contributed by atoms with Crippen molar-refractivity contribution in [2.45, 2.75) is 137 Å². The van der Waals surface area contributed by atoms with Crippen LogP contribution in [0.5, 0.6) is 0 Å². The Labute approximate surface area is 253 Å². The molecule has 44 heavy (non-hydrogen) atoms. The lowest BCUT2D eigenvalue weighted by Crippen LogP contribution is -2.66. The van der Waals surface area contributed by atoms with Gasteiger partial charge in [-0.3, -0.25) is 0 Å². The minimum atomic E-state index is -1.56. The Morgan fingerprint density at radius 1 is 0.659 bits per heavy atom. The van der Waals surface area contributed by atoms with Gasteiger partial charge < -0.3 is 84.3 Å². The largest absolute Gasteiger partial charge is 0.394 e. The lowest BCUT2D eigenvalue weighted by Gasteiger charge is -2.50. The van der Waals surface area contributed by atoms with E-state index in [2.05, 4.69) is 0 Å². The highest BCUT2D eigenvalue weighted by Gasteiger charge is 2.54. The molecule has 18 nitrogen and oxygen atoms in total. The summed E-state index contributed by atoms with van der Waals surface area (Å²) in [5.41, 5.74) is -0.962. The van der Waals surface area contributed by atoms with Crippen LogP contribution in [0.15, 0.2) is 0 Å². The molecule has 258 valence electrons. The van der Waals surface area contributed by atoms with Gasteiger partial charge in [-0.05, 0) is 27.7 Å². The molecule has 0 aliphatic carbocycles. The van der Waals surface area contributed by atoms with Crippen molar-refractivity contribution in [3.05, 3.63) is 0 Å². The van der Waals surface area contributed by atoms with Gasteiger partial charge in [0.25, 0.3) is 0 Å². The second-order valence-electron chi connectivity index (χ2n) is 12.7. The first-order valence-electron chi connectivity index (χ1n) is 14.5. The summed E-state index contributed by atoms with van der Waals surface area (Å²) in [4.78, 5) is 0. The molecule has 4 rings (SSSR count). The summed E-state index contributed by atoms with van der Waals surface area (Å²) in [7, 11) is 0. The van der Waals surface area contributed by atoms with Crippen LogP contribution in [-0.2, 0) is 33.2 Å². The van der Waals surface area contributed by atoms with Crippen LogP contribution in [0.4, 0.5) is 0 Å². The average Bonchev–Trinajstić information content (AvgIpc) is 3.23. The van der Waals surface area contributed by atoms with Gasteiger partial charge in [0.15, 0.2) is 12.5 Å². The molecule has 0 amide bonds. The fourth-order valence-corrected chi connectivity index (χ4v) is 6.15. The van der Waals surface area contributed by atoms with Gasteiger partial charge in [0.05, 0.1) is 37.6 Å². The van der Waals surface area contributed by atoms with Crippen LogP contribution >= 0.6 is 0 Å². The lowest BCUT2D eigenvalue weighted by molar-refractivity contribution is -0.313. The summed E-state index contributed by atoms with van der Waals surface area (Å²) >= 11 is 0. The molecule has 16 atom stereocenters. The van der Waals surface area contributed by atoms with E-state index < -0.39 is 116 Å². The van der Waals surface area contributed by atoms with Crippen molar-refractivity contribution in [2.75, 3.05) is 26.4 Å². The molecular formula is C26H47NO17. The van der Waals surface area contributed by atoms with Crippen molar-refractivity contribution in [3.63, 3.8) is 0 Å². The summed E-state index contributed by atoms with van der Waals surface area (Å²) in [5, 5.41) is 103. The van der Waals surface area contributed by atoms with Crippen LogP contribution in [0.3, 0.4) is 0 Å². The topological polar surface area (TPSA) is 279 Å². The van der Waals surface area contributed by atoms with E-state index in [1.165, 1.54) is 0 Å². The molecule has 18 heteroatoms. The SMILES string of the molecule is CC(C)(O[C@@H]1CO[C@@H](C(C)(C)O[C@@H]2CO[C@@H](NO)C(O)C2O)C(O)C1O)[C@@H]1OC[C@@H](O)C(O[C@@H]2O[C@@H](CO)C(O)C2O)C1O. The number of aliphatic hydroxyl groups excluding tert-OH is 9. The molecule has 0 bridgehead atoms. The Morgan fingerprint density at radius 2 is 1.18 bits per heavy atom. The van der Waals surface area contributed by atoms with Crippen LogP contribution < -0.4 is 5.48 Å². The quantitative estimate of drug-likeness (QED) is 0.0988. The highest BCUT2D eigenvalue weighted by Crippen LogP contribution is 2.36. The fourth-order valence-electron chi connectivity index (χ4n) is 6.15. The summed E-state index contributed by atoms with van der Waals surface area (Å²) in [5.74, 6) is 0. The maximum atomic E-state index is 11.1. The summed E-state index contributed by atoms with van der Waals surface area (Å²) in [6.45, 7) is 4.85. The molecule has 4 aliphatic rings. The normalized spacial score (nSPS) is 47.6. The van der Waals surface area contributed by atoms with Crippen molar-refractivity contribution >= 4 is 0 Å². The Kier molecular flexibility index (Phi) is 11.6. The van der Waals surface area contributed by atoms with E-state index in [9.17, 15) is 46.0 Å². The van der Waals surface area contributed by atoms with E-state index in [1.807, 2.05) is 0 Å². The number of hydrogen-bond donors (Lipinski definition) is 11. The predicted molar refractivity (Wildman–Crippen MR) is 141 cm³/mol. The van der Waals surface area contributed by atoms with Crippen molar-refractivity contribution in [1.29, 1.82) is 0 Å². The van der Waals surface area contributed by atoms with Gasteiger partial charge in [-0.2, -0.15) is 5.48 Å². The molecule has 8 unspecified atom stereocenters. The third-order valence-electron chi connectivity index (χ3n) is 8.63. The summed E-state index contributed by atoms with van der Waals surface area (Å²) < 4.78 is 39.7.